The minimum Gasteiger partial charge on any atom is -0.398 e. The summed E-state index contributed by atoms with van der Waals surface area (Å²) in [6.07, 6.45) is 0.964. The van der Waals surface area contributed by atoms with Gasteiger partial charge in [0.2, 0.25) is 5.91 Å². The number of thioether (sulfide) groups is 1. The highest BCUT2D eigenvalue weighted by Gasteiger charge is 2.10. The average Bonchev–Trinajstić information content (AvgIpc) is 2.39. The molecule has 1 rings (SSSR count). The Hall–Kier alpha value is -1.20. The van der Waals surface area contributed by atoms with E-state index >= 15 is 0 Å². The smallest absolute Gasteiger partial charge is 0.224 e. The molecular formula is C15H24N2O2S. The van der Waals surface area contributed by atoms with Gasteiger partial charge in [-0.05, 0) is 43.7 Å². The molecule has 1 amide bonds. The zero-order valence-electron chi connectivity index (χ0n) is 12.3. The van der Waals surface area contributed by atoms with Gasteiger partial charge in [-0.1, -0.05) is 13.0 Å². The number of aliphatic hydroxyl groups excluding tert-OH is 1. The van der Waals surface area contributed by atoms with Gasteiger partial charge in [-0.3, -0.25) is 4.79 Å². The minimum absolute atomic E-state index is 0.00370. The molecule has 0 saturated heterocycles. The van der Waals surface area contributed by atoms with Crippen LogP contribution >= 0.6 is 11.8 Å². The minimum atomic E-state index is -0.316. The number of hydrogen-bond acceptors (Lipinski definition) is 4. The van der Waals surface area contributed by atoms with Crippen molar-refractivity contribution in [3.05, 3.63) is 23.8 Å². The van der Waals surface area contributed by atoms with E-state index in [0.29, 0.717) is 12.1 Å². The number of anilines is 2. The van der Waals surface area contributed by atoms with E-state index in [4.69, 9.17) is 5.73 Å². The number of nitrogens with two attached hydrogens (primary N) is 1. The second-order valence-corrected chi connectivity index (χ2v) is 6.47. The van der Waals surface area contributed by atoms with Crippen molar-refractivity contribution in [2.24, 2.45) is 0 Å². The highest BCUT2D eigenvalue weighted by molar-refractivity contribution is 7.99. The van der Waals surface area contributed by atoms with Gasteiger partial charge < -0.3 is 16.2 Å². The molecule has 4 N–H and O–H groups in total. The van der Waals surface area contributed by atoms with E-state index in [1.54, 1.807) is 18.7 Å². The Kier molecular flexibility index (Phi) is 6.88. The highest BCUT2D eigenvalue weighted by atomic mass is 32.2. The van der Waals surface area contributed by atoms with Gasteiger partial charge in [-0.15, -0.1) is 0 Å². The molecule has 1 aromatic carbocycles. The molecule has 0 fully saturated rings. The SMILES string of the molecule is Cc1c(N)cccc1NC(=O)CCCSC(C)C(C)O. The van der Waals surface area contributed by atoms with Crippen molar-refractivity contribution in [3.8, 4) is 0 Å². The van der Waals surface area contributed by atoms with Crippen molar-refractivity contribution in [2.45, 2.75) is 45.0 Å². The third-order valence-corrected chi connectivity index (χ3v) is 4.70. The number of benzene rings is 1. The van der Waals surface area contributed by atoms with Crippen LogP contribution in [0.2, 0.25) is 0 Å². The van der Waals surface area contributed by atoms with Gasteiger partial charge in [0.25, 0.3) is 0 Å². The average molecular weight is 296 g/mol. The fourth-order valence-corrected chi connectivity index (χ4v) is 2.60. The van der Waals surface area contributed by atoms with Gasteiger partial charge in [-0.2, -0.15) is 11.8 Å². The molecule has 0 saturated carbocycles. The molecule has 1 aromatic rings. The summed E-state index contributed by atoms with van der Waals surface area (Å²) in [6, 6.07) is 5.51. The molecule has 0 spiro atoms. The summed E-state index contributed by atoms with van der Waals surface area (Å²) >= 11 is 1.69. The molecule has 0 heterocycles. The van der Waals surface area contributed by atoms with Gasteiger partial charge in [-0.25, -0.2) is 0 Å². The summed E-state index contributed by atoms with van der Waals surface area (Å²) in [7, 11) is 0. The lowest BCUT2D eigenvalue weighted by Crippen LogP contribution is -2.16. The predicted molar refractivity (Wildman–Crippen MR) is 87.1 cm³/mol. The van der Waals surface area contributed by atoms with E-state index in [2.05, 4.69) is 5.32 Å². The summed E-state index contributed by atoms with van der Waals surface area (Å²) < 4.78 is 0. The monoisotopic (exact) mass is 296 g/mol. The standard InChI is InChI=1S/C15H24N2O2S/c1-10-13(16)6-4-7-14(10)17-15(19)8-5-9-20-12(3)11(2)18/h4,6-7,11-12,18H,5,8-9,16H2,1-3H3,(H,17,19). The number of aliphatic hydroxyl groups is 1. The number of nitrogen functional groups attached to an aromatic ring is 1. The van der Waals surface area contributed by atoms with E-state index in [0.717, 1.165) is 23.4 Å². The summed E-state index contributed by atoms with van der Waals surface area (Å²) in [6.45, 7) is 5.67. The molecule has 112 valence electrons. The summed E-state index contributed by atoms with van der Waals surface area (Å²) in [5.74, 6) is 0.874. The Morgan fingerprint density at radius 2 is 2.15 bits per heavy atom. The molecule has 4 nitrogen and oxygen atoms in total. The topological polar surface area (TPSA) is 75.3 Å². The first-order chi connectivity index (χ1) is 9.41. The van der Waals surface area contributed by atoms with Crippen LogP contribution in [0.5, 0.6) is 0 Å². The maximum absolute atomic E-state index is 11.8. The number of carbonyl (C=O) groups is 1. The lowest BCUT2D eigenvalue weighted by Gasteiger charge is -2.14. The number of carbonyl (C=O) groups excluding carboxylic acids is 1. The third-order valence-electron chi connectivity index (χ3n) is 3.26. The van der Waals surface area contributed by atoms with E-state index in [-0.39, 0.29) is 17.3 Å². The number of amides is 1. The van der Waals surface area contributed by atoms with E-state index in [1.807, 2.05) is 32.0 Å². The van der Waals surface area contributed by atoms with Gasteiger partial charge >= 0.3 is 0 Å². The molecule has 2 atom stereocenters. The summed E-state index contributed by atoms with van der Waals surface area (Å²) in [5.41, 5.74) is 8.16. The third kappa shape index (κ3) is 5.43. The van der Waals surface area contributed by atoms with Crippen molar-refractivity contribution in [3.63, 3.8) is 0 Å². The second-order valence-electron chi connectivity index (χ2n) is 4.99. The molecule has 0 aliphatic heterocycles. The Morgan fingerprint density at radius 1 is 1.45 bits per heavy atom. The van der Waals surface area contributed by atoms with Crippen LogP contribution in [0, 0.1) is 6.92 Å². The largest absolute Gasteiger partial charge is 0.398 e. The van der Waals surface area contributed by atoms with Crippen molar-refractivity contribution < 1.29 is 9.90 Å². The van der Waals surface area contributed by atoms with Crippen LogP contribution in [0.1, 0.15) is 32.3 Å². The number of nitrogens with one attached hydrogen (secondary N) is 1. The van der Waals surface area contributed by atoms with E-state index < -0.39 is 0 Å². The second kappa shape index (κ2) is 8.17. The molecular weight excluding hydrogens is 272 g/mol. The van der Waals surface area contributed by atoms with Crippen LogP contribution in [-0.2, 0) is 4.79 Å². The molecule has 5 heteroatoms. The number of rotatable bonds is 7. The fraction of sp³-hybridized carbons (Fsp3) is 0.533. The Labute approximate surface area is 125 Å². The summed E-state index contributed by atoms with van der Waals surface area (Å²) in [5, 5.41) is 12.5. The maximum Gasteiger partial charge on any atom is 0.224 e. The summed E-state index contributed by atoms with van der Waals surface area (Å²) in [4.78, 5) is 11.8. The first-order valence-electron chi connectivity index (χ1n) is 6.86. The van der Waals surface area contributed by atoms with E-state index in [1.165, 1.54) is 0 Å². The van der Waals surface area contributed by atoms with Crippen LogP contribution in [0.3, 0.4) is 0 Å². The van der Waals surface area contributed by atoms with Crippen LogP contribution < -0.4 is 11.1 Å². The maximum atomic E-state index is 11.8. The molecule has 0 bridgehead atoms. The Morgan fingerprint density at radius 3 is 2.80 bits per heavy atom. The van der Waals surface area contributed by atoms with Crippen LogP contribution in [0.4, 0.5) is 11.4 Å². The van der Waals surface area contributed by atoms with Crippen molar-refractivity contribution in [2.75, 3.05) is 16.8 Å². The first-order valence-corrected chi connectivity index (χ1v) is 7.91. The lowest BCUT2D eigenvalue weighted by molar-refractivity contribution is -0.116. The van der Waals surface area contributed by atoms with Crippen LogP contribution in [0.15, 0.2) is 18.2 Å². The Bertz CT molecular complexity index is 449. The van der Waals surface area contributed by atoms with Crippen molar-refractivity contribution >= 4 is 29.0 Å². The zero-order chi connectivity index (χ0) is 15.1. The number of hydrogen-bond donors (Lipinski definition) is 3. The van der Waals surface area contributed by atoms with Crippen molar-refractivity contribution in [1.82, 2.24) is 0 Å². The molecule has 2 unspecified atom stereocenters. The lowest BCUT2D eigenvalue weighted by atomic mass is 10.1. The van der Waals surface area contributed by atoms with Gasteiger partial charge in [0.1, 0.15) is 0 Å². The van der Waals surface area contributed by atoms with Crippen LogP contribution in [-0.4, -0.2) is 28.1 Å². The Balaban J connectivity index is 2.32. The van der Waals surface area contributed by atoms with Gasteiger partial charge in [0, 0.05) is 23.0 Å². The fourth-order valence-electron chi connectivity index (χ4n) is 1.64. The van der Waals surface area contributed by atoms with E-state index in [9.17, 15) is 9.90 Å². The van der Waals surface area contributed by atoms with Gasteiger partial charge in [0.05, 0.1) is 6.10 Å². The molecule has 0 aliphatic rings. The molecule has 0 aromatic heterocycles. The quantitative estimate of drug-likeness (QED) is 0.534. The predicted octanol–water partition coefficient (Wildman–Crippen LogP) is 2.80. The molecule has 0 aliphatic carbocycles. The highest BCUT2D eigenvalue weighted by Crippen LogP contribution is 2.21. The van der Waals surface area contributed by atoms with Gasteiger partial charge in [0.15, 0.2) is 0 Å². The normalized spacial score (nSPS) is 13.8. The molecule has 20 heavy (non-hydrogen) atoms. The zero-order valence-corrected chi connectivity index (χ0v) is 13.2. The first kappa shape index (κ1) is 16.9. The van der Waals surface area contributed by atoms with Crippen LogP contribution in [0.25, 0.3) is 0 Å². The molecule has 0 radical (unpaired) electrons. The van der Waals surface area contributed by atoms with Crippen molar-refractivity contribution in [1.29, 1.82) is 0 Å².